The lowest BCUT2D eigenvalue weighted by Gasteiger charge is -2.61. The summed E-state index contributed by atoms with van der Waals surface area (Å²) in [5.41, 5.74) is -0.735. The van der Waals surface area contributed by atoms with Crippen molar-refractivity contribution in [2.45, 2.75) is 84.3 Å². The highest BCUT2D eigenvalue weighted by atomic mass is 16.5. The molecule has 0 aliphatic heterocycles. The van der Waals surface area contributed by atoms with Gasteiger partial charge in [-0.15, -0.1) is 0 Å². The summed E-state index contributed by atoms with van der Waals surface area (Å²) >= 11 is 0. The monoisotopic (exact) mass is 444 g/mol. The second-order valence-corrected chi connectivity index (χ2v) is 11.2. The minimum Gasteiger partial charge on any atom is -0.393 e. The molecule has 4 rings (SSSR count). The Morgan fingerprint density at radius 1 is 1.28 bits per heavy atom. The van der Waals surface area contributed by atoms with E-state index in [0.717, 1.165) is 37.7 Å². The number of hydrogen-bond acceptors (Lipinski definition) is 5. The van der Waals surface area contributed by atoms with Crippen LogP contribution < -0.4 is 0 Å². The molecule has 0 heterocycles. The zero-order chi connectivity index (χ0) is 23.3. The first-order chi connectivity index (χ1) is 15.1. The molecule has 0 spiro atoms. The zero-order valence-corrected chi connectivity index (χ0v) is 20.1. The Balaban J connectivity index is 1.71. The Morgan fingerprint density at radius 2 is 2.03 bits per heavy atom. The molecule has 0 bridgehead atoms. The van der Waals surface area contributed by atoms with Crippen molar-refractivity contribution in [3.63, 3.8) is 0 Å². The molecular weight excluding hydrogens is 404 g/mol. The molecule has 0 aromatic heterocycles. The van der Waals surface area contributed by atoms with E-state index in [1.807, 2.05) is 6.08 Å². The summed E-state index contributed by atoms with van der Waals surface area (Å²) in [6, 6.07) is 0. The highest BCUT2D eigenvalue weighted by Crippen LogP contribution is 2.68. The average Bonchev–Trinajstić information content (AvgIpc) is 3.04. The fourth-order valence-corrected chi connectivity index (χ4v) is 8.24. The van der Waals surface area contributed by atoms with Crippen LogP contribution in [0.15, 0.2) is 23.8 Å². The number of unbranched alkanes of at least 4 members (excludes halogenated alkanes) is 2. The lowest BCUT2D eigenvalue weighted by Crippen LogP contribution is -2.63. The molecule has 8 atom stereocenters. The van der Waals surface area contributed by atoms with Gasteiger partial charge in [0.1, 0.15) is 12.2 Å². The van der Waals surface area contributed by atoms with Crippen molar-refractivity contribution >= 4 is 11.6 Å². The molecule has 0 aromatic rings. The van der Waals surface area contributed by atoms with Gasteiger partial charge in [0.25, 0.3) is 0 Å². The third-order valence-electron chi connectivity index (χ3n) is 9.63. The largest absolute Gasteiger partial charge is 0.393 e. The maximum atomic E-state index is 13.2. The number of ether oxygens (including phenoxy) is 1. The predicted octanol–water partition coefficient (Wildman–Crippen LogP) is 4.02. The summed E-state index contributed by atoms with van der Waals surface area (Å²) in [7, 11) is 0. The molecule has 32 heavy (non-hydrogen) atoms. The number of hydrogen-bond donors (Lipinski definition) is 2. The van der Waals surface area contributed by atoms with E-state index in [-0.39, 0.29) is 40.7 Å². The van der Waals surface area contributed by atoms with Crippen molar-refractivity contribution in [2.75, 3.05) is 13.2 Å². The van der Waals surface area contributed by atoms with Crippen molar-refractivity contribution in [1.29, 1.82) is 0 Å². The fraction of sp³-hybridized carbons (Fsp3) is 0.778. The molecule has 0 saturated heterocycles. The molecule has 0 radical (unpaired) electrons. The minimum atomic E-state index is -1.02. The van der Waals surface area contributed by atoms with Crippen LogP contribution >= 0.6 is 0 Å². The van der Waals surface area contributed by atoms with Crippen LogP contribution in [0.5, 0.6) is 0 Å². The number of fused-ring (bicyclic) bond motifs is 5. The lowest BCUT2D eigenvalue weighted by atomic mass is 9.44. The zero-order valence-electron chi connectivity index (χ0n) is 20.1. The smallest absolute Gasteiger partial charge is 0.190 e. The van der Waals surface area contributed by atoms with Crippen molar-refractivity contribution < 1.29 is 24.5 Å². The fourth-order valence-electron chi connectivity index (χ4n) is 8.24. The number of allylic oxidation sites excluding steroid dienone is 4. The maximum Gasteiger partial charge on any atom is 0.190 e. The Hall–Kier alpha value is -1.30. The Bertz CT molecular complexity index is 830. The van der Waals surface area contributed by atoms with Gasteiger partial charge in [-0.25, -0.2) is 0 Å². The first-order valence-corrected chi connectivity index (χ1v) is 12.6. The minimum absolute atomic E-state index is 0.0208. The van der Waals surface area contributed by atoms with Crippen molar-refractivity contribution in [3.8, 4) is 0 Å². The van der Waals surface area contributed by atoms with Crippen LogP contribution in [0.3, 0.4) is 0 Å². The van der Waals surface area contributed by atoms with Gasteiger partial charge in [-0.1, -0.05) is 52.2 Å². The van der Waals surface area contributed by atoms with Gasteiger partial charge in [0.05, 0.1) is 6.10 Å². The number of aliphatic hydroxyl groups is 2. The van der Waals surface area contributed by atoms with Gasteiger partial charge in [-0.3, -0.25) is 9.59 Å². The van der Waals surface area contributed by atoms with Gasteiger partial charge in [0, 0.05) is 23.4 Å². The van der Waals surface area contributed by atoms with Crippen molar-refractivity contribution in [2.24, 2.45) is 34.5 Å². The molecule has 0 aromatic carbocycles. The van der Waals surface area contributed by atoms with E-state index >= 15 is 0 Å². The molecule has 5 heteroatoms. The normalized spacial score (nSPS) is 45.1. The van der Waals surface area contributed by atoms with E-state index in [9.17, 15) is 19.8 Å². The number of carbonyl (C=O) groups is 2. The van der Waals surface area contributed by atoms with Gasteiger partial charge < -0.3 is 14.9 Å². The van der Waals surface area contributed by atoms with Gasteiger partial charge >= 0.3 is 0 Å². The molecular formula is C27H40O5. The molecule has 3 saturated carbocycles. The number of aliphatic hydroxyl groups excluding tert-OH is 2. The van der Waals surface area contributed by atoms with Crippen LogP contribution in [0.25, 0.3) is 0 Å². The van der Waals surface area contributed by atoms with Crippen molar-refractivity contribution in [3.05, 3.63) is 23.8 Å². The molecule has 4 aliphatic rings. The van der Waals surface area contributed by atoms with Crippen LogP contribution in [-0.2, 0) is 14.3 Å². The summed E-state index contributed by atoms with van der Waals surface area (Å²) < 4.78 is 6.43. The molecule has 4 aliphatic carbocycles. The SMILES string of the molecule is CCCCCO[C@]1(C(=O)CO)CC[C@H]2[C@@H]3C[C@H](C)C4=CC(=O)C=C[C@]4(C)[C@H]3[C@@H](O)C[C@@]21C. The summed E-state index contributed by atoms with van der Waals surface area (Å²) in [5.74, 6) is 0.553. The van der Waals surface area contributed by atoms with E-state index < -0.39 is 23.7 Å². The maximum absolute atomic E-state index is 13.2. The number of ketones is 2. The Labute approximate surface area is 192 Å². The predicted molar refractivity (Wildman–Crippen MR) is 123 cm³/mol. The van der Waals surface area contributed by atoms with Gasteiger partial charge in [-0.2, -0.15) is 0 Å². The molecule has 5 nitrogen and oxygen atoms in total. The third kappa shape index (κ3) is 3.30. The lowest BCUT2D eigenvalue weighted by molar-refractivity contribution is -0.195. The van der Waals surface area contributed by atoms with Crippen LogP contribution in [0.4, 0.5) is 0 Å². The van der Waals surface area contributed by atoms with Crippen LogP contribution in [0, 0.1) is 34.5 Å². The summed E-state index contributed by atoms with van der Waals surface area (Å²) in [6.45, 7) is 8.61. The topological polar surface area (TPSA) is 83.8 Å². The highest BCUT2D eigenvalue weighted by molar-refractivity contribution is 6.01. The molecule has 0 unspecified atom stereocenters. The second-order valence-electron chi connectivity index (χ2n) is 11.2. The number of Topliss-reactive ketones (excluding diaryl/α,β-unsaturated/α-hetero) is 1. The molecule has 178 valence electrons. The van der Waals surface area contributed by atoms with E-state index in [1.54, 1.807) is 12.2 Å². The summed E-state index contributed by atoms with van der Waals surface area (Å²) in [5, 5.41) is 21.5. The molecule has 3 fully saturated rings. The molecule has 0 amide bonds. The van der Waals surface area contributed by atoms with Crippen LogP contribution in [0.2, 0.25) is 0 Å². The van der Waals surface area contributed by atoms with Gasteiger partial charge in [0.2, 0.25) is 0 Å². The van der Waals surface area contributed by atoms with E-state index in [0.29, 0.717) is 19.4 Å². The Kier molecular flexibility index (Phi) is 6.32. The van der Waals surface area contributed by atoms with Crippen LogP contribution in [0.1, 0.15) is 72.6 Å². The third-order valence-corrected chi connectivity index (χ3v) is 9.63. The van der Waals surface area contributed by atoms with Gasteiger partial charge in [-0.05, 0) is 62.0 Å². The highest BCUT2D eigenvalue weighted by Gasteiger charge is 2.69. The quantitative estimate of drug-likeness (QED) is 0.580. The summed E-state index contributed by atoms with van der Waals surface area (Å²) in [6.07, 6.45) is 10.8. The first-order valence-electron chi connectivity index (χ1n) is 12.6. The standard InChI is InChI=1S/C27H40O5/c1-5-6-7-12-32-27(23(31)16-28)11-9-20-19-13-17(2)21-14-18(29)8-10-25(21,3)24(19)22(30)15-26(20,27)4/h8,10,14,17,19-20,22,24,28,30H,5-7,9,11-13,15-16H2,1-4H3/t17-,19-,20-,22-,24+,25-,26-,27-/m0/s1. The molecule has 2 N–H and O–H groups in total. The van der Waals surface area contributed by atoms with E-state index in [4.69, 9.17) is 4.74 Å². The van der Waals surface area contributed by atoms with E-state index in [1.165, 1.54) is 0 Å². The first kappa shape index (κ1) is 23.8. The van der Waals surface area contributed by atoms with Crippen LogP contribution in [-0.4, -0.2) is 46.7 Å². The average molecular weight is 445 g/mol. The second kappa shape index (κ2) is 8.48. The number of carbonyl (C=O) groups excluding carboxylic acids is 2. The number of rotatable bonds is 7. The van der Waals surface area contributed by atoms with Crippen molar-refractivity contribution in [1.82, 2.24) is 0 Å². The summed E-state index contributed by atoms with van der Waals surface area (Å²) in [4.78, 5) is 25.3. The Morgan fingerprint density at radius 3 is 2.72 bits per heavy atom. The van der Waals surface area contributed by atoms with Gasteiger partial charge in [0.15, 0.2) is 11.6 Å². The van der Waals surface area contributed by atoms with E-state index in [2.05, 4.69) is 27.7 Å².